The zero-order valence-corrected chi connectivity index (χ0v) is 14.4. The summed E-state index contributed by atoms with van der Waals surface area (Å²) in [5, 5.41) is 2.88. The lowest BCUT2D eigenvalue weighted by Gasteiger charge is -2.29. The predicted molar refractivity (Wildman–Crippen MR) is 90.1 cm³/mol. The minimum atomic E-state index is -0.591. The first kappa shape index (κ1) is 19.7. The van der Waals surface area contributed by atoms with Crippen molar-refractivity contribution in [1.29, 1.82) is 0 Å². The number of halogens is 1. The maximum Gasteiger partial charge on any atom is 0.536 e. The van der Waals surface area contributed by atoms with Gasteiger partial charge >= 0.3 is 7.76 Å². The van der Waals surface area contributed by atoms with E-state index in [0.29, 0.717) is 31.6 Å². The molecule has 0 bridgehead atoms. The van der Waals surface area contributed by atoms with Crippen LogP contribution >= 0.6 is 0 Å². The number of carbonyl (C=O) groups is 1. The van der Waals surface area contributed by atoms with E-state index in [1.807, 2.05) is 32.0 Å². The average molecular weight is 322 g/mol. The molecule has 1 amide bonds. The fourth-order valence-electron chi connectivity index (χ4n) is 1.99. The largest absolute Gasteiger partial charge is 0.536 e. The Balaban J connectivity index is 2.28. The van der Waals surface area contributed by atoms with E-state index in [4.69, 9.17) is 9.39 Å². The zero-order chi connectivity index (χ0) is 17.3. The van der Waals surface area contributed by atoms with Crippen LogP contribution < -0.4 is 5.32 Å². The molecule has 0 aliphatic rings. The summed E-state index contributed by atoms with van der Waals surface area (Å²) in [5.74, 6) is -0.0885. The lowest BCUT2D eigenvalue weighted by Crippen LogP contribution is -2.35. The fourth-order valence-corrected chi connectivity index (χ4v) is 1.99. The summed E-state index contributed by atoms with van der Waals surface area (Å²) in [6, 6.07) is 9.10. The van der Waals surface area contributed by atoms with Crippen LogP contribution in [0.2, 0.25) is 0 Å². The van der Waals surface area contributed by atoms with Gasteiger partial charge in [0, 0.05) is 18.7 Å². The Morgan fingerprint density at radius 3 is 2.39 bits per heavy atom. The van der Waals surface area contributed by atoms with Gasteiger partial charge in [-0.3, -0.25) is 9.11 Å². The van der Waals surface area contributed by atoms with E-state index in [-0.39, 0.29) is 19.3 Å². The van der Waals surface area contributed by atoms with Crippen molar-refractivity contribution in [3.8, 4) is 0 Å². The van der Waals surface area contributed by atoms with Gasteiger partial charge in [-0.2, -0.15) is 0 Å². The molecule has 1 rings (SSSR count). The van der Waals surface area contributed by atoms with E-state index in [2.05, 4.69) is 5.32 Å². The molecule has 4 nitrogen and oxygen atoms in total. The first-order valence-electron chi connectivity index (χ1n) is 7.83. The lowest BCUT2D eigenvalue weighted by molar-refractivity contribution is -0.0449. The molecular weight excluding hydrogens is 296 g/mol. The number of hydrogen-bond donors (Lipinski definition) is 1. The van der Waals surface area contributed by atoms with Gasteiger partial charge in [0.1, 0.15) is 0 Å². The Bertz CT molecular complexity index is 480. The Hall–Kier alpha value is -1.40. The van der Waals surface area contributed by atoms with E-state index < -0.39 is 5.60 Å². The monoisotopic (exact) mass is 322 g/mol. The molecule has 0 aromatic heterocycles. The normalized spacial score (nSPS) is 12.0. The third kappa shape index (κ3) is 8.14. The average Bonchev–Trinajstić information content (AvgIpc) is 2.47. The number of amides is 1. The molecule has 1 aromatic rings. The van der Waals surface area contributed by atoms with Crippen LogP contribution in [-0.2, 0) is 9.39 Å². The molecule has 1 aromatic carbocycles. The number of benzene rings is 1. The summed E-state index contributed by atoms with van der Waals surface area (Å²) >= 11 is 0. The number of ether oxygens (including phenoxy) is 1. The van der Waals surface area contributed by atoms with Crippen LogP contribution in [0, 0.1) is 0 Å². The molecule has 0 unspecified atom stereocenters. The molecule has 0 fully saturated rings. The Morgan fingerprint density at radius 2 is 1.78 bits per heavy atom. The highest BCUT2D eigenvalue weighted by Crippen LogP contribution is 2.19. The van der Waals surface area contributed by atoms with E-state index in [1.165, 1.54) is 0 Å². The van der Waals surface area contributed by atoms with Crippen LogP contribution in [-0.4, -0.2) is 38.0 Å². The number of carbonyl (C=O) groups excluding carboxylic acids is 1. The number of hydrogen-bond acceptors (Lipinski definition) is 3. The summed E-state index contributed by atoms with van der Waals surface area (Å²) in [6.07, 6.45) is 1.26. The van der Waals surface area contributed by atoms with E-state index in [1.54, 1.807) is 26.0 Å². The molecule has 0 atom stereocenters. The van der Waals surface area contributed by atoms with Gasteiger partial charge in [-0.25, -0.2) is 0 Å². The van der Waals surface area contributed by atoms with Gasteiger partial charge in [-0.15, -0.1) is 0 Å². The first-order chi connectivity index (χ1) is 10.8. The van der Waals surface area contributed by atoms with Crippen molar-refractivity contribution in [1.82, 2.24) is 5.32 Å². The van der Waals surface area contributed by atoms with Crippen LogP contribution in [0.5, 0.6) is 0 Å². The van der Waals surface area contributed by atoms with Gasteiger partial charge < -0.3 is 14.7 Å². The Labute approximate surface area is 139 Å². The van der Waals surface area contributed by atoms with Crippen LogP contribution in [0.1, 0.15) is 50.9 Å². The zero-order valence-electron chi connectivity index (χ0n) is 14.4. The highest BCUT2D eigenvalue weighted by molar-refractivity contribution is 6.17. The van der Waals surface area contributed by atoms with Gasteiger partial charge in [-0.05, 0) is 52.7 Å². The third-order valence-corrected chi connectivity index (χ3v) is 3.61. The topological polar surface area (TPSA) is 47.6 Å². The second kappa shape index (κ2) is 9.04. The molecule has 0 heterocycles. The van der Waals surface area contributed by atoms with Crippen LogP contribution in [0.25, 0.3) is 0 Å². The molecule has 0 saturated heterocycles. The van der Waals surface area contributed by atoms with Crippen LogP contribution in [0.4, 0.5) is 4.32 Å². The molecular formula is C17H26BFNO3. The SMILES string of the molecule is CC(C)(CCOC(C)(C)CCNC(=O)c1ccccc1)O[B]F. The van der Waals surface area contributed by atoms with Gasteiger partial charge in [0.15, 0.2) is 0 Å². The number of nitrogens with one attached hydrogen (secondary N) is 1. The molecule has 0 aliphatic heterocycles. The van der Waals surface area contributed by atoms with Crippen molar-refractivity contribution in [2.24, 2.45) is 0 Å². The van der Waals surface area contributed by atoms with Gasteiger partial charge in [0.2, 0.25) is 0 Å². The highest BCUT2D eigenvalue weighted by atomic mass is 19.1. The molecule has 0 spiro atoms. The molecule has 0 saturated carbocycles. The minimum Gasteiger partial charge on any atom is -0.405 e. The Morgan fingerprint density at radius 1 is 1.13 bits per heavy atom. The van der Waals surface area contributed by atoms with Crippen molar-refractivity contribution in [2.45, 2.75) is 51.7 Å². The smallest absolute Gasteiger partial charge is 0.405 e. The second-order valence-electron chi connectivity index (χ2n) is 6.70. The van der Waals surface area contributed by atoms with Crippen LogP contribution in [0.15, 0.2) is 30.3 Å². The van der Waals surface area contributed by atoms with Crippen molar-refractivity contribution in [2.75, 3.05) is 13.2 Å². The summed E-state index contributed by atoms with van der Waals surface area (Å²) in [5.41, 5.74) is -0.321. The lowest BCUT2D eigenvalue weighted by atomic mass is 10.0. The fraction of sp³-hybridized carbons (Fsp3) is 0.588. The quantitative estimate of drug-likeness (QED) is 0.673. The molecule has 127 valence electrons. The minimum absolute atomic E-state index is 0.0885. The summed E-state index contributed by atoms with van der Waals surface area (Å²) < 4.78 is 22.8. The molecule has 1 radical (unpaired) electrons. The third-order valence-electron chi connectivity index (χ3n) is 3.61. The summed E-state index contributed by atoms with van der Waals surface area (Å²) in [7, 11) is 0.213. The molecule has 6 heteroatoms. The van der Waals surface area contributed by atoms with Gasteiger partial charge in [-0.1, -0.05) is 18.2 Å². The second-order valence-corrected chi connectivity index (χ2v) is 6.70. The summed E-state index contributed by atoms with van der Waals surface area (Å²) in [6.45, 7) is 8.53. The maximum absolute atomic E-state index is 12.1. The standard InChI is InChI=1S/C17H26BFNO3/c1-16(2,22-13-11-17(3,4)23-18-19)10-12-20-15(21)14-8-6-5-7-9-14/h5-9H,10-13H2,1-4H3,(H,20,21). The van der Waals surface area contributed by atoms with E-state index in [0.717, 1.165) is 0 Å². The molecule has 1 N–H and O–H groups in total. The van der Waals surface area contributed by atoms with Crippen molar-refractivity contribution >= 4 is 13.7 Å². The van der Waals surface area contributed by atoms with E-state index in [9.17, 15) is 9.11 Å². The van der Waals surface area contributed by atoms with Gasteiger partial charge in [0.05, 0.1) is 11.2 Å². The van der Waals surface area contributed by atoms with Crippen LogP contribution in [0.3, 0.4) is 0 Å². The van der Waals surface area contributed by atoms with Crippen molar-refractivity contribution in [3.05, 3.63) is 35.9 Å². The van der Waals surface area contributed by atoms with Crippen molar-refractivity contribution in [3.63, 3.8) is 0 Å². The molecule has 23 heavy (non-hydrogen) atoms. The van der Waals surface area contributed by atoms with Crippen molar-refractivity contribution < 1.29 is 18.5 Å². The van der Waals surface area contributed by atoms with Gasteiger partial charge in [0.25, 0.3) is 5.91 Å². The summed E-state index contributed by atoms with van der Waals surface area (Å²) in [4.78, 5) is 11.9. The number of rotatable bonds is 10. The first-order valence-corrected chi connectivity index (χ1v) is 7.83. The maximum atomic E-state index is 12.1. The molecule has 0 aliphatic carbocycles. The van der Waals surface area contributed by atoms with E-state index >= 15 is 0 Å². The predicted octanol–water partition coefficient (Wildman–Crippen LogP) is 3.29. The highest BCUT2D eigenvalue weighted by Gasteiger charge is 2.23. The Kier molecular flexibility index (Phi) is 7.72.